The van der Waals surface area contributed by atoms with Crippen molar-refractivity contribution >= 4 is 15.9 Å². The number of benzene rings is 1. The first-order chi connectivity index (χ1) is 8.80. The van der Waals surface area contributed by atoms with Crippen LogP contribution in [0.2, 0.25) is 0 Å². The van der Waals surface area contributed by atoms with Gasteiger partial charge >= 0.3 is 6.09 Å². The topological polar surface area (TPSA) is 98.5 Å². The monoisotopic (exact) mass is 286 g/mol. The molecule has 6 nitrogen and oxygen atoms in total. The largest absolute Gasteiger partial charge is 0.448 e. The summed E-state index contributed by atoms with van der Waals surface area (Å²) in [5.74, 6) is 0. The van der Waals surface area contributed by atoms with E-state index in [1.165, 1.54) is 6.26 Å². The zero-order chi connectivity index (χ0) is 14.5. The number of sulfone groups is 1. The Kier molecular flexibility index (Phi) is 5.31. The second-order valence-corrected chi connectivity index (χ2v) is 6.20. The summed E-state index contributed by atoms with van der Waals surface area (Å²) in [7, 11) is -3.17. The van der Waals surface area contributed by atoms with Crippen LogP contribution < -0.4 is 11.1 Å². The fourth-order valence-electron chi connectivity index (χ4n) is 1.55. The number of carbonyl (C=O) groups excluding carboxylic acids is 1. The summed E-state index contributed by atoms with van der Waals surface area (Å²) >= 11 is 0. The standard InChI is InChI=1S/C12H18N2O4S/c1-9(14-7-8-18-12(13)15)10-3-5-11(6-4-10)19(2,16)17/h3-6,9,14H,7-8H2,1-2H3,(H2,13,15). The molecular weight excluding hydrogens is 268 g/mol. The molecule has 1 aromatic rings. The van der Waals surface area contributed by atoms with Crippen molar-refractivity contribution in [3.05, 3.63) is 29.8 Å². The number of hydrogen-bond donors (Lipinski definition) is 2. The van der Waals surface area contributed by atoms with Crippen LogP contribution in [0.15, 0.2) is 29.2 Å². The Morgan fingerprint density at radius 1 is 1.37 bits per heavy atom. The number of nitrogens with two attached hydrogens (primary N) is 1. The van der Waals surface area contributed by atoms with Crippen molar-refractivity contribution < 1.29 is 17.9 Å². The summed E-state index contributed by atoms with van der Waals surface area (Å²) in [5.41, 5.74) is 5.78. The Bertz CT molecular complexity index is 525. The summed E-state index contributed by atoms with van der Waals surface area (Å²) in [6.45, 7) is 2.60. The fraction of sp³-hybridized carbons (Fsp3) is 0.417. The third-order valence-corrected chi connectivity index (χ3v) is 3.73. The highest BCUT2D eigenvalue weighted by Gasteiger charge is 2.09. The van der Waals surface area contributed by atoms with Crippen molar-refractivity contribution in [1.82, 2.24) is 5.32 Å². The number of primary amides is 1. The van der Waals surface area contributed by atoms with E-state index in [4.69, 9.17) is 5.73 Å². The number of rotatable bonds is 6. The van der Waals surface area contributed by atoms with E-state index >= 15 is 0 Å². The molecular formula is C12H18N2O4S. The molecule has 7 heteroatoms. The molecule has 0 aliphatic carbocycles. The van der Waals surface area contributed by atoms with Gasteiger partial charge in [-0.15, -0.1) is 0 Å². The molecule has 0 fully saturated rings. The molecule has 1 aromatic carbocycles. The minimum Gasteiger partial charge on any atom is -0.448 e. The zero-order valence-electron chi connectivity index (χ0n) is 10.9. The van der Waals surface area contributed by atoms with Crippen LogP contribution in [-0.2, 0) is 14.6 Å². The molecule has 0 saturated heterocycles. The van der Waals surface area contributed by atoms with Crippen molar-refractivity contribution in [1.29, 1.82) is 0 Å². The molecule has 19 heavy (non-hydrogen) atoms. The van der Waals surface area contributed by atoms with Crippen molar-refractivity contribution in [3.8, 4) is 0 Å². The number of ether oxygens (including phenoxy) is 1. The summed E-state index contributed by atoms with van der Waals surface area (Å²) < 4.78 is 27.2. The van der Waals surface area contributed by atoms with Crippen LogP contribution in [0.25, 0.3) is 0 Å². The molecule has 0 bridgehead atoms. The molecule has 1 atom stereocenters. The van der Waals surface area contributed by atoms with Gasteiger partial charge in [-0.2, -0.15) is 0 Å². The Labute approximate surface area is 112 Å². The van der Waals surface area contributed by atoms with Crippen LogP contribution in [-0.4, -0.2) is 33.9 Å². The first-order valence-corrected chi connectivity index (χ1v) is 7.65. The minimum atomic E-state index is -3.17. The van der Waals surface area contributed by atoms with E-state index < -0.39 is 15.9 Å². The number of carbonyl (C=O) groups is 1. The summed E-state index contributed by atoms with van der Waals surface area (Å²) in [6, 6.07) is 6.67. The Morgan fingerprint density at radius 2 is 1.95 bits per heavy atom. The SMILES string of the molecule is CC(NCCOC(N)=O)c1ccc(S(C)(=O)=O)cc1. The predicted octanol–water partition coefficient (Wildman–Crippen LogP) is 0.836. The van der Waals surface area contributed by atoms with Gasteiger partial charge in [0.05, 0.1) is 4.90 Å². The molecule has 3 N–H and O–H groups in total. The highest BCUT2D eigenvalue weighted by atomic mass is 32.2. The van der Waals surface area contributed by atoms with Gasteiger partial charge in [0.25, 0.3) is 0 Å². The lowest BCUT2D eigenvalue weighted by Gasteiger charge is -2.14. The van der Waals surface area contributed by atoms with Crippen LogP contribution >= 0.6 is 0 Å². The first kappa shape index (κ1) is 15.5. The molecule has 0 aromatic heterocycles. The van der Waals surface area contributed by atoms with E-state index in [9.17, 15) is 13.2 Å². The molecule has 0 radical (unpaired) electrons. The van der Waals surface area contributed by atoms with Crippen LogP contribution in [0.3, 0.4) is 0 Å². The third-order valence-electron chi connectivity index (χ3n) is 2.61. The lowest BCUT2D eigenvalue weighted by molar-refractivity contribution is 0.156. The molecule has 0 spiro atoms. The summed E-state index contributed by atoms with van der Waals surface area (Å²) in [4.78, 5) is 10.7. The average Bonchev–Trinajstić information content (AvgIpc) is 2.33. The number of nitrogens with one attached hydrogen (secondary N) is 1. The van der Waals surface area contributed by atoms with Crippen LogP contribution in [0, 0.1) is 0 Å². The molecule has 0 aliphatic heterocycles. The van der Waals surface area contributed by atoms with Gasteiger partial charge in [0, 0.05) is 18.8 Å². The van der Waals surface area contributed by atoms with Crippen molar-refractivity contribution in [2.45, 2.75) is 17.9 Å². The lowest BCUT2D eigenvalue weighted by atomic mass is 10.1. The molecule has 1 unspecified atom stereocenters. The van der Waals surface area contributed by atoms with Crippen LogP contribution in [0.4, 0.5) is 4.79 Å². The van der Waals surface area contributed by atoms with Gasteiger partial charge in [-0.1, -0.05) is 12.1 Å². The molecule has 106 valence electrons. The van der Waals surface area contributed by atoms with E-state index in [-0.39, 0.29) is 12.6 Å². The molecule has 0 heterocycles. The van der Waals surface area contributed by atoms with Gasteiger partial charge in [0.1, 0.15) is 6.61 Å². The van der Waals surface area contributed by atoms with Gasteiger partial charge < -0.3 is 15.8 Å². The number of amides is 1. The Morgan fingerprint density at radius 3 is 2.42 bits per heavy atom. The normalized spacial score (nSPS) is 12.9. The molecule has 1 amide bonds. The van der Waals surface area contributed by atoms with Gasteiger partial charge in [-0.05, 0) is 24.6 Å². The summed E-state index contributed by atoms with van der Waals surface area (Å²) in [5, 5.41) is 3.13. The van der Waals surface area contributed by atoms with Gasteiger partial charge in [-0.3, -0.25) is 0 Å². The number of hydrogen-bond acceptors (Lipinski definition) is 5. The maximum absolute atomic E-state index is 11.3. The second-order valence-electron chi connectivity index (χ2n) is 4.18. The second kappa shape index (κ2) is 6.53. The summed E-state index contributed by atoms with van der Waals surface area (Å²) in [6.07, 6.45) is 0.372. The van der Waals surface area contributed by atoms with E-state index in [0.29, 0.717) is 11.4 Å². The zero-order valence-corrected chi connectivity index (χ0v) is 11.7. The average molecular weight is 286 g/mol. The van der Waals surface area contributed by atoms with E-state index in [1.807, 2.05) is 6.92 Å². The molecule has 1 rings (SSSR count). The third kappa shape index (κ3) is 5.27. The smallest absolute Gasteiger partial charge is 0.404 e. The first-order valence-electron chi connectivity index (χ1n) is 5.76. The maximum atomic E-state index is 11.3. The van der Waals surface area contributed by atoms with E-state index in [0.717, 1.165) is 5.56 Å². The van der Waals surface area contributed by atoms with Gasteiger partial charge in [0.2, 0.25) is 0 Å². The quantitative estimate of drug-likeness (QED) is 0.755. The molecule has 0 aliphatic rings. The van der Waals surface area contributed by atoms with Gasteiger partial charge in [-0.25, -0.2) is 13.2 Å². The maximum Gasteiger partial charge on any atom is 0.404 e. The highest BCUT2D eigenvalue weighted by Crippen LogP contribution is 2.15. The Balaban J connectivity index is 2.54. The van der Waals surface area contributed by atoms with Gasteiger partial charge in [0.15, 0.2) is 9.84 Å². The van der Waals surface area contributed by atoms with Crippen molar-refractivity contribution in [2.24, 2.45) is 5.73 Å². The van der Waals surface area contributed by atoms with Crippen LogP contribution in [0.1, 0.15) is 18.5 Å². The van der Waals surface area contributed by atoms with E-state index in [2.05, 4.69) is 10.1 Å². The van der Waals surface area contributed by atoms with Crippen molar-refractivity contribution in [2.75, 3.05) is 19.4 Å². The lowest BCUT2D eigenvalue weighted by Crippen LogP contribution is -2.25. The fourth-order valence-corrected chi connectivity index (χ4v) is 2.18. The van der Waals surface area contributed by atoms with Crippen LogP contribution in [0.5, 0.6) is 0 Å². The highest BCUT2D eigenvalue weighted by molar-refractivity contribution is 7.90. The van der Waals surface area contributed by atoms with Crippen molar-refractivity contribution in [3.63, 3.8) is 0 Å². The predicted molar refractivity (Wildman–Crippen MR) is 71.5 cm³/mol. The minimum absolute atomic E-state index is 0.0186. The Hall–Kier alpha value is -1.60. The van der Waals surface area contributed by atoms with E-state index in [1.54, 1.807) is 24.3 Å². The molecule has 0 saturated carbocycles.